The van der Waals surface area contributed by atoms with Crippen molar-refractivity contribution in [1.82, 2.24) is 9.97 Å². The van der Waals surface area contributed by atoms with Gasteiger partial charge in [-0.15, -0.1) is 0 Å². The molecule has 6 heteroatoms. The Kier molecular flexibility index (Phi) is 3.42. The van der Waals surface area contributed by atoms with Gasteiger partial charge < -0.3 is 10.3 Å². The molecule has 2 heterocycles. The number of rotatable bonds is 2. The zero-order chi connectivity index (χ0) is 17.6. The third-order valence-corrected chi connectivity index (χ3v) is 4.10. The van der Waals surface area contributed by atoms with Gasteiger partial charge in [0.1, 0.15) is 0 Å². The molecular weight excluding hydrogens is 327 g/mol. The number of H-pyrrole nitrogens is 1. The number of aryl methyl sites for hydroxylation is 1. The van der Waals surface area contributed by atoms with Crippen molar-refractivity contribution in [3.05, 3.63) is 66.0 Å². The molecule has 4 rings (SSSR count). The molecular formula is C19H14F3N3. The second-order valence-electron chi connectivity index (χ2n) is 5.97. The molecule has 25 heavy (non-hydrogen) atoms. The molecule has 0 fully saturated rings. The third-order valence-electron chi connectivity index (χ3n) is 4.10. The van der Waals surface area contributed by atoms with Crippen LogP contribution in [0.5, 0.6) is 0 Å². The van der Waals surface area contributed by atoms with Gasteiger partial charge in [-0.1, -0.05) is 6.07 Å². The molecule has 0 saturated carbocycles. The van der Waals surface area contributed by atoms with Gasteiger partial charge in [0.2, 0.25) is 0 Å². The van der Waals surface area contributed by atoms with E-state index in [9.17, 15) is 13.2 Å². The summed E-state index contributed by atoms with van der Waals surface area (Å²) in [5, 5.41) is 4.98. The van der Waals surface area contributed by atoms with Crippen LogP contribution >= 0.6 is 0 Å². The SMILES string of the molecule is Cc1cc2cc(Nc3ccnc4cc(C(F)(F)F)ccc34)ccc2[nH]1. The maximum atomic E-state index is 12.9. The molecule has 0 aliphatic carbocycles. The van der Waals surface area contributed by atoms with Crippen LogP contribution in [0.4, 0.5) is 24.5 Å². The second-order valence-corrected chi connectivity index (χ2v) is 5.97. The van der Waals surface area contributed by atoms with Crippen LogP contribution in [0.15, 0.2) is 54.7 Å². The minimum Gasteiger partial charge on any atom is -0.359 e. The van der Waals surface area contributed by atoms with E-state index in [0.717, 1.165) is 34.4 Å². The van der Waals surface area contributed by atoms with E-state index in [1.54, 1.807) is 6.07 Å². The van der Waals surface area contributed by atoms with E-state index >= 15 is 0 Å². The summed E-state index contributed by atoms with van der Waals surface area (Å²) >= 11 is 0. The molecule has 4 aromatic rings. The first-order valence-corrected chi connectivity index (χ1v) is 7.72. The second kappa shape index (κ2) is 5.51. The van der Waals surface area contributed by atoms with E-state index in [1.807, 2.05) is 31.2 Å². The van der Waals surface area contributed by atoms with Crippen LogP contribution in [0.1, 0.15) is 11.3 Å². The van der Waals surface area contributed by atoms with E-state index in [2.05, 4.69) is 15.3 Å². The Hall–Kier alpha value is -3.02. The Bertz CT molecular complexity index is 1080. The molecule has 0 bridgehead atoms. The lowest BCUT2D eigenvalue weighted by Crippen LogP contribution is -2.04. The van der Waals surface area contributed by atoms with Crippen LogP contribution in [0.25, 0.3) is 21.8 Å². The summed E-state index contributed by atoms with van der Waals surface area (Å²) in [4.78, 5) is 7.32. The van der Waals surface area contributed by atoms with Crippen molar-refractivity contribution in [3.63, 3.8) is 0 Å². The monoisotopic (exact) mass is 341 g/mol. The fraction of sp³-hybridized carbons (Fsp3) is 0.105. The summed E-state index contributed by atoms with van der Waals surface area (Å²) < 4.78 is 38.6. The van der Waals surface area contributed by atoms with Crippen LogP contribution < -0.4 is 5.32 Å². The fourth-order valence-corrected chi connectivity index (χ4v) is 2.94. The number of pyridine rings is 1. The highest BCUT2D eigenvalue weighted by Crippen LogP contribution is 2.33. The smallest absolute Gasteiger partial charge is 0.359 e. The molecule has 3 nitrogen and oxygen atoms in total. The van der Waals surface area contributed by atoms with Gasteiger partial charge in [0, 0.05) is 39.6 Å². The molecule has 0 atom stereocenters. The maximum absolute atomic E-state index is 12.9. The topological polar surface area (TPSA) is 40.7 Å². The molecule has 0 spiro atoms. The van der Waals surface area contributed by atoms with Crippen LogP contribution in [-0.4, -0.2) is 9.97 Å². The summed E-state index contributed by atoms with van der Waals surface area (Å²) in [5.41, 5.74) is 3.29. The molecule has 126 valence electrons. The van der Waals surface area contributed by atoms with Crippen LogP contribution in [0, 0.1) is 6.92 Å². The van der Waals surface area contributed by atoms with E-state index in [4.69, 9.17) is 0 Å². The standard InChI is InChI=1S/C19H14F3N3/c1-11-8-12-9-14(3-5-16(12)24-11)25-17-6-7-23-18-10-13(19(20,21)22)2-4-15(17)18/h2-10,24H,1H3,(H,23,25). The van der Waals surface area contributed by atoms with E-state index in [-0.39, 0.29) is 0 Å². The number of benzene rings is 2. The van der Waals surface area contributed by atoms with Gasteiger partial charge in [-0.05, 0) is 49.4 Å². The van der Waals surface area contributed by atoms with Crippen molar-refractivity contribution < 1.29 is 13.2 Å². The van der Waals surface area contributed by atoms with Crippen molar-refractivity contribution in [2.24, 2.45) is 0 Å². The number of fused-ring (bicyclic) bond motifs is 2. The minimum atomic E-state index is -4.38. The summed E-state index contributed by atoms with van der Waals surface area (Å²) in [6.07, 6.45) is -2.87. The quantitative estimate of drug-likeness (QED) is 0.485. The average molecular weight is 341 g/mol. The molecule has 0 unspecified atom stereocenters. The van der Waals surface area contributed by atoms with Crippen molar-refractivity contribution in [2.45, 2.75) is 13.1 Å². The van der Waals surface area contributed by atoms with Crippen molar-refractivity contribution >= 4 is 33.2 Å². The highest BCUT2D eigenvalue weighted by molar-refractivity contribution is 5.94. The summed E-state index contributed by atoms with van der Waals surface area (Å²) in [5.74, 6) is 0. The first-order valence-electron chi connectivity index (χ1n) is 7.72. The van der Waals surface area contributed by atoms with Crippen LogP contribution in [0.3, 0.4) is 0 Å². The van der Waals surface area contributed by atoms with Crippen molar-refractivity contribution in [2.75, 3.05) is 5.32 Å². The number of hydrogen-bond acceptors (Lipinski definition) is 2. The van der Waals surface area contributed by atoms with E-state index < -0.39 is 11.7 Å². The number of nitrogens with one attached hydrogen (secondary N) is 2. The van der Waals surface area contributed by atoms with Crippen LogP contribution in [0.2, 0.25) is 0 Å². The summed E-state index contributed by atoms with van der Waals surface area (Å²) in [6, 6.07) is 13.3. The number of alkyl halides is 3. The fourth-order valence-electron chi connectivity index (χ4n) is 2.94. The molecule has 0 amide bonds. The Balaban J connectivity index is 1.75. The Labute approximate surface area is 141 Å². The minimum absolute atomic E-state index is 0.304. The lowest BCUT2D eigenvalue weighted by atomic mass is 10.1. The van der Waals surface area contributed by atoms with E-state index in [1.165, 1.54) is 12.3 Å². The number of aromatic nitrogens is 2. The predicted molar refractivity (Wildman–Crippen MR) is 93.1 cm³/mol. The van der Waals surface area contributed by atoms with Gasteiger partial charge in [-0.3, -0.25) is 4.98 Å². The van der Waals surface area contributed by atoms with Gasteiger partial charge in [0.25, 0.3) is 0 Å². The molecule has 2 N–H and O–H groups in total. The summed E-state index contributed by atoms with van der Waals surface area (Å²) in [6.45, 7) is 1.99. The molecule has 0 saturated heterocycles. The summed E-state index contributed by atoms with van der Waals surface area (Å²) in [7, 11) is 0. The van der Waals surface area contributed by atoms with Crippen LogP contribution in [-0.2, 0) is 6.18 Å². The molecule has 2 aromatic heterocycles. The number of halogens is 3. The zero-order valence-corrected chi connectivity index (χ0v) is 13.3. The van der Waals surface area contributed by atoms with Gasteiger partial charge >= 0.3 is 6.18 Å². The van der Waals surface area contributed by atoms with Gasteiger partial charge in [0.05, 0.1) is 11.1 Å². The molecule has 2 aromatic carbocycles. The van der Waals surface area contributed by atoms with Crippen molar-refractivity contribution in [3.8, 4) is 0 Å². The first kappa shape index (κ1) is 15.5. The Morgan fingerprint density at radius 3 is 2.64 bits per heavy atom. The number of aromatic amines is 1. The first-order chi connectivity index (χ1) is 11.9. The highest BCUT2D eigenvalue weighted by Gasteiger charge is 2.30. The number of hydrogen-bond donors (Lipinski definition) is 2. The van der Waals surface area contributed by atoms with E-state index in [0.29, 0.717) is 16.6 Å². The van der Waals surface area contributed by atoms with Gasteiger partial charge in [0.15, 0.2) is 0 Å². The number of nitrogens with zero attached hydrogens (tertiary/aromatic N) is 1. The highest BCUT2D eigenvalue weighted by atomic mass is 19.4. The lowest BCUT2D eigenvalue weighted by Gasteiger charge is -2.12. The van der Waals surface area contributed by atoms with Crippen molar-refractivity contribution in [1.29, 1.82) is 0 Å². The third kappa shape index (κ3) is 2.91. The molecule has 0 aliphatic rings. The molecule has 0 aliphatic heterocycles. The normalized spacial score (nSPS) is 12.0. The largest absolute Gasteiger partial charge is 0.416 e. The molecule has 0 radical (unpaired) electrons. The average Bonchev–Trinajstić information content (AvgIpc) is 2.93. The number of anilines is 2. The Morgan fingerprint density at radius 1 is 1.00 bits per heavy atom. The zero-order valence-electron chi connectivity index (χ0n) is 13.3. The predicted octanol–water partition coefficient (Wildman–Crippen LogP) is 5.79. The lowest BCUT2D eigenvalue weighted by molar-refractivity contribution is -0.137. The maximum Gasteiger partial charge on any atom is 0.416 e. The van der Waals surface area contributed by atoms with Gasteiger partial charge in [-0.2, -0.15) is 13.2 Å². The van der Waals surface area contributed by atoms with Gasteiger partial charge in [-0.25, -0.2) is 0 Å². The Morgan fingerprint density at radius 2 is 1.84 bits per heavy atom.